The van der Waals surface area contributed by atoms with Gasteiger partial charge in [-0.15, -0.1) is 0 Å². The van der Waals surface area contributed by atoms with Crippen molar-refractivity contribution in [3.05, 3.63) is 48.0 Å². The molecule has 1 spiro atoms. The van der Waals surface area contributed by atoms with Crippen molar-refractivity contribution in [3.63, 3.8) is 0 Å². The van der Waals surface area contributed by atoms with Crippen LogP contribution >= 0.6 is 0 Å². The topological polar surface area (TPSA) is 55.8 Å². The van der Waals surface area contributed by atoms with E-state index in [1.165, 1.54) is 0 Å². The molecule has 26 heavy (non-hydrogen) atoms. The van der Waals surface area contributed by atoms with Crippen LogP contribution in [0.3, 0.4) is 0 Å². The van der Waals surface area contributed by atoms with Gasteiger partial charge in [-0.3, -0.25) is 9.59 Å². The second-order valence-electron chi connectivity index (χ2n) is 7.98. The number of carbonyl (C=O) groups excluding carboxylic acids is 2. The molecule has 3 aliphatic heterocycles. The average Bonchev–Trinajstić information content (AvgIpc) is 3.28. The molecule has 4 rings (SSSR count). The van der Waals surface area contributed by atoms with Gasteiger partial charge >= 0.3 is 5.97 Å². The molecule has 5 atom stereocenters. The SMILES string of the molecule is CC(C)COC(=O)[C@@H]1[C@H]2C(=O)N([C@@H](C)c3ccccc3)C[C@]23C=C[C@H]1O3. The fourth-order valence-electron chi connectivity index (χ4n) is 4.38. The Morgan fingerprint density at radius 2 is 2.04 bits per heavy atom. The van der Waals surface area contributed by atoms with Crippen molar-refractivity contribution in [2.75, 3.05) is 13.2 Å². The maximum atomic E-state index is 13.2. The molecule has 3 heterocycles. The molecule has 1 amide bonds. The van der Waals surface area contributed by atoms with Crippen molar-refractivity contribution in [2.24, 2.45) is 17.8 Å². The molecular weight excluding hydrogens is 330 g/mol. The molecule has 1 aromatic carbocycles. The summed E-state index contributed by atoms with van der Waals surface area (Å²) in [4.78, 5) is 27.7. The summed E-state index contributed by atoms with van der Waals surface area (Å²) in [5.41, 5.74) is 0.390. The molecule has 1 aromatic rings. The number of fused-ring (bicyclic) bond motifs is 1. The predicted molar refractivity (Wildman–Crippen MR) is 96.1 cm³/mol. The summed E-state index contributed by atoms with van der Waals surface area (Å²) in [5.74, 6) is -1.10. The summed E-state index contributed by atoms with van der Waals surface area (Å²) in [5, 5.41) is 0. The van der Waals surface area contributed by atoms with Crippen molar-refractivity contribution in [1.82, 2.24) is 4.90 Å². The predicted octanol–water partition coefficient (Wildman–Crippen LogP) is 2.73. The van der Waals surface area contributed by atoms with E-state index in [0.29, 0.717) is 13.2 Å². The molecule has 138 valence electrons. The highest BCUT2D eigenvalue weighted by molar-refractivity contribution is 5.91. The number of rotatable bonds is 5. The molecule has 5 nitrogen and oxygen atoms in total. The van der Waals surface area contributed by atoms with Crippen LogP contribution in [0, 0.1) is 17.8 Å². The van der Waals surface area contributed by atoms with E-state index in [1.54, 1.807) is 0 Å². The van der Waals surface area contributed by atoms with Crippen LogP contribution in [0.4, 0.5) is 0 Å². The minimum absolute atomic E-state index is 0.0142. The Balaban J connectivity index is 1.58. The zero-order chi connectivity index (χ0) is 18.5. The molecular formula is C21H25NO4. The Labute approximate surface area is 154 Å². The molecule has 0 radical (unpaired) electrons. The van der Waals surface area contributed by atoms with Crippen LogP contribution < -0.4 is 0 Å². The first-order valence-corrected chi connectivity index (χ1v) is 9.32. The Kier molecular flexibility index (Phi) is 4.14. The monoisotopic (exact) mass is 355 g/mol. The molecule has 0 aromatic heterocycles. The average molecular weight is 355 g/mol. The van der Waals surface area contributed by atoms with Crippen LogP contribution in [0.5, 0.6) is 0 Å². The fourth-order valence-corrected chi connectivity index (χ4v) is 4.38. The zero-order valence-electron chi connectivity index (χ0n) is 15.4. The van der Waals surface area contributed by atoms with Gasteiger partial charge in [-0.1, -0.05) is 56.3 Å². The van der Waals surface area contributed by atoms with E-state index in [9.17, 15) is 9.59 Å². The molecule has 0 saturated carbocycles. The second-order valence-corrected chi connectivity index (χ2v) is 7.98. The standard InChI is InChI=1S/C21H25NO4/c1-13(2)11-25-20(24)17-16-9-10-21(26-16)12-22(19(23)18(17)21)14(3)15-7-5-4-6-8-15/h4-10,13-14,16-18H,11-12H2,1-3H3/t14-,16+,17-,18-,21+/m0/s1. The summed E-state index contributed by atoms with van der Waals surface area (Å²) in [6.45, 7) is 6.86. The third-order valence-corrected chi connectivity index (χ3v) is 5.71. The highest BCUT2D eigenvalue weighted by Gasteiger charge is 2.67. The van der Waals surface area contributed by atoms with Crippen LogP contribution in [0.1, 0.15) is 32.4 Å². The normalized spacial score (nSPS) is 33.0. The molecule has 0 N–H and O–H groups in total. The fraction of sp³-hybridized carbons (Fsp3) is 0.524. The van der Waals surface area contributed by atoms with Gasteiger partial charge in [0, 0.05) is 0 Å². The summed E-state index contributed by atoms with van der Waals surface area (Å²) in [6.07, 6.45) is 3.55. The van der Waals surface area contributed by atoms with Gasteiger partial charge in [0.15, 0.2) is 0 Å². The molecule has 5 heteroatoms. The Hall–Kier alpha value is -2.14. The van der Waals surface area contributed by atoms with Crippen molar-refractivity contribution in [1.29, 1.82) is 0 Å². The van der Waals surface area contributed by atoms with Crippen LogP contribution in [0.2, 0.25) is 0 Å². The number of benzene rings is 1. The summed E-state index contributed by atoms with van der Waals surface area (Å²) in [7, 11) is 0. The highest BCUT2D eigenvalue weighted by Crippen LogP contribution is 2.53. The molecule has 2 fully saturated rings. The first kappa shape index (κ1) is 17.3. The van der Waals surface area contributed by atoms with Crippen LogP contribution in [0.15, 0.2) is 42.5 Å². The molecule has 2 bridgehead atoms. The Bertz CT molecular complexity index is 744. The van der Waals surface area contributed by atoms with Gasteiger partial charge in [0.2, 0.25) is 5.91 Å². The summed E-state index contributed by atoms with van der Waals surface area (Å²) in [6, 6.07) is 9.88. The number of nitrogens with zero attached hydrogens (tertiary/aromatic N) is 1. The smallest absolute Gasteiger partial charge is 0.312 e. The minimum atomic E-state index is -0.688. The van der Waals surface area contributed by atoms with Gasteiger partial charge in [0.25, 0.3) is 0 Å². The summed E-state index contributed by atoms with van der Waals surface area (Å²) < 4.78 is 11.6. The number of carbonyl (C=O) groups is 2. The van der Waals surface area contributed by atoms with Crippen LogP contribution in [-0.2, 0) is 19.1 Å². The van der Waals surface area contributed by atoms with Gasteiger partial charge in [-0.25, -0.2) is 0 Å². The number of esters is 1. The van der Waals surface area contributed by atoms with Gasteiger partial charge in [0.1, 0.15) is 11.5 Å². The van der Waals surface area contributed by atoms with Gasteiger partial charge < -0.3 is 14.4 Å². The molecule has 3 aliphatic rings. The first-order chi connectivity index (χ1) is 12.4. The lowest BCUT2D eigenvalue weighted by Gasteiger charge is -2.27. The Morgan fingerprint density at radius 1 is 1.31 bits per heavy atom. The zero-order valence-corrected chi connectivity index (χ0v) is 15.4. The maximum absolute atomic E-state index is 13.2. The lowest BCUT2D eigenvalue weighted by molar-refractivity contribution is -0.155. The number of hydrogen-bond acceptors (Lipinski definition) is 4. The molecule has 0 unspecified atom stereocenters. The van der Waals surface area contributed by atoms with E-state index in [2.05, 4.69) is 0 Å². The lowest BCUT2D eigenvalue weighted by Crippen LogP contribution is -2.40. The second kappa shape index (κ2) is 6.23. The van der Waals surface area contributed by atoms with Crippen LogP contribution in [-0.4, -0.2) is 41.6 Å². The number of likely N-dealkylation sites (tertiary alicyclic amines) is 1. The van der Waals surface area contributed by atoms with E-state index < -0.39 is 17.4 Å². The van der Waals surface area contributed by atoms with E-state index in [-0.39, 0.29) is 29.9 Å². The molecule has 0 aliphatic carbocycles. The van der Waals surface area contributed by atoms with Crippen molar-refractivity contribution >= 4 is 11.9 Å². The highest BCUT2D eigenvalue weighted by atomic mass is 16.6. The van der Waals surface area contributed by atoms with E-state index in [0.717, 1.165) is 5.56 Å². The van der Waals surface area contributed by atoms with Crippen LogP contribution in [0.25, 0.3) is 0 Å². The van der Waals surface area contributed by atoms with Gasteiger partial charge in [-0.2, -0.15) is 0 Å². The van der Waals surface area contributed by atoms with Crippen molar-refractivity contribution in [3.8, 4) is 0 Å². The number of amides is 1. The number of ether oxygens (including phenoxy) is 2. The largest absolute Gasteiger partial charge is 0.465 e. The third-order valence-electron chi connectivity index (χ3n) is 5.71. The molecule has 2 saturated heterocycles. The van der Waals surface area contributed by atoms with Gasteiger partial charge in [-0.05, 0) is 18.4 Å². The lowest BCUT2D eigenvalue weighted by atomic mass is 9.77. The first-order valence-electron chi connectivity index (χ1n) is 9.32. The summed E-state index contributed by atoms with van der Waals surface area (Å²) >= 11 is 0. The van der Waals surface area contributed by atoms with E-state index >= 15 is 0 Å². The number of hydrogen-bond donors (Lipinski definition) is 0. The van der Waals surface area contributed by atoms with Crippen molar-refractivity contribution in [2.45, 2.75) is 38.5 Å². The Morgan fingerprint density at radius 3 is 2.73 bits per heavy atom. The van der Waals surface area contributed by atoms with Gasteiger partial charge in [0.05, 0.1) is 31.2 Å². The minimum Gasteiger partial charge on any atom is -0.465 e. The van der Waals surface area contributed by atoms with E-state index in [1.807, 2.05) is 68.2 Å². The van der Waals surface area contributed by atoms with Crippen molar-refractivity contribution < 1.29 is 19.1 Å². The maximum Gasteiger partial charge on any atom is 0.312 e. The third kappa shape index (κ3) is 2.57. The van der Waals surface area contributed by atoms with E-state index in [4.69, 9.17) is 9.47 Å². The quantitative estimate of drug-likeness (QED) is 0.602.